The molecule has 0 bridgehead atoms. The molecule has 0 aliphatic carbocycles. The molecule has 0 N–H and O–H groups in total. The van der Waals surface area contributed by atoms with E-state index in [2.05, 4.69) is 0 Å². The number of anilines is 2. The zero-order valence-electron chi connectivity index (χ0n) is 15.2. The van der Waals surface area contributed by atoms with Crippen LogP contribution < -0.4 is 9.80 Å². The van der Waals surface area contributed by atoms with E-state index in [4.69, 9.17) is 0 Å². The molecule has 0 aliphatic rings. The first-order valence-corrected chi connectivity index (χ1v) is 8.55. The summed E-state index contributed by atoms with van der Waals surface area (Å²) < 4.78 is 39.8. The Balaban J connectivity index is 2.21. The van der Waals surface area contributed by atoms with Crippen molar-refractivity contribution in [2.45, 2.75) is 26.4 Å². The molecule has 0 atom stereocenters. The fourth-order valence-electron chi connectivity index (χ4n) is 2.85. The summed E-state index contributed by atoms with van der Waals surface area (Å²) in [5.41, 5.74) is -0.439. The third-order valence-corrected chi connectivity index (χ3v) is 4.11. The molecule has 0 fully saturated rings. The van der Waals surface area contributed by atoms with Gasteiger partial charge in [0.05, 0.1) is 11.3 Å². The third kappa shape index (κ3) is 5.09. The number of carbonyl (C=O) groups excluding carboxylic acids is 2. The second-order valence-electron chi connectivity index (χ2n) is 5.91. The van der Waals surface area contributed by atoms with Crippen LogP contribution in [-0.2, 0) is 15.8 Å². The Morgan fingerprint density at radius 3 is 2.07 bits per heavy atom. The minimum atomic E-state index is -4.59. The molecule has 2 rings (SSSR count). The second-order valence-corrected chi connectivity index (χ2v) is 5.91. The van der Waals surface area contributed by atoms with Crippen molar-refractivity contribution in [1.29, 1.82) is 0 Å². The van der Waals surface area contributed by atoms with Gasteiger partial charge in [0.25, 0.3) is 0 Å². The van der Waals surface area contributed by atoms with Gasteiger partial charge in [0, 0.05) is 32.1 Å². The van der Waals surface area contributed by atoms with Gasteiger partial charge in [-0.1, -0.05) is 30.3 Å². The van der Waals surface area contributed by atoms with Crippen LogP contribution in [0.2, 0.25) is 0 Å². The highest BCUT2D eigenvalue weighted by Gasteiger charge is 2.35. The molecule has 0 saturated heterocycles. The van der Waals surface area contributed by atoms with Gasteiger partial charge in [0.15, 0.2) is 0 Å². The van der Waals surface area contributed by atoms with E-state index in [-0.39, 0.29) is 24.6 Å². The number of para-hydroxylation sites is 2. The van der Waals surface area contributed by atoms with Crippen molar-refractivity contribution in [1.82, 2.24) is 0 Å². The van der Waals surface area contributed by atoms with Crippen molar-refractivity contribution in [3.05, 3.63) is 60.2 Å². The van der Waals surface area contributed by atoms with E-state index < -0.39 is 17.6 Å². The maximum Gasteiger partial charge on any atom is 0.418 e. The van der Waals surface area contributed by atoms with Crippen molar-refractivity contribution in [2.75, 3.05) is 22.9 Å². The molecule has 2 amide bonds. The standard InChI is InChI=1S/C20H21F3N2O2/c1-3-24(16-9-5-4-6-10-16)19(27)13-14-25(15(2)26)18-12-8-7-11-17(18)20(21,22)23/h4-12H,3,13-14H2,1-2H3. The zero-order chi connectivity index (χ0) is 20.0. The summed E-state index contributed by atoms with van der Waals surface area (Å²) in [6, 6.07) is 13.9. The maximum atomic E-state index is 13.3. The molecule has 0 aliphatic heterocycles. The summed E-state index contributed by atoms with van der Waals surface area (Å²) in [5, 5.41) is 0. The van der Waals surface area contributed by atoms with Crippen LogP contribution in [0.3, 0.4) is 0 Å². The maximum absolute atomic E-state index is 13.3. The number of halogens is 3. The van der Waals surface area contributed by atoms with Crippen molar-refractivity contribution < 1.29 is 22.8 Å². The Morgan fingerprint density at radius 2 is 1.52 bits per heavy atom. The minimum Gasteiger partial charge on any atom is -0.313 e. The fraction of sp³-hybridized carbons (Fsp3) is 0.300. The molecule has 7 heteroatoms. The number of carbonyl (C=O) groups is 2. The molecule has 0 heterocycles. The molecule has 0 unspecified atom stereocenters. The lowest BCUT2D eigenvalue weighted by Crippen LogP contribution is -2.37. The lowest BCUT2D eigenvalue weighted by atomic mass is 10.1. The van der Waals surface area contributed by atoms with Crippen LogP contribution in [0.1, 0.15) is 25.8 Å². The van der Waals surface area contributed by atoms with Gasteiger partial charge in [0.1, 0.15) is 0 Å². The van der Waals surface area contributed by atoms with Crippen molar-refractivity contribution >= 4 is 23.2 Å². The number of alkyl halides is 3. The van der Waals surface area contributed by atoms with Gasteiger partial charge in [-0.25, -0.2) is 0 Å². The van der Waals surface area contributed by atoms with Crippen LogP contribution >= 0.6 is 0 Å². The van der Waals surface area contributed by atoms with Gasteiger partial charge >= 0.3 is 6.18 Å². The van der Waals surface area contributed by atoms with Crippen LogP contribution in [0.25, 0.3) is 0 Å². The molecule has 27 heavy (non-hydrogen) atoms. The molecule has 2 aromatic rings. The average molecular weight is 378 g/mol. The second kappa shape index (κ2) is 8.70. The number of hydrogen-bond acceptors (Lipinski definition) is 2. The van der Waals surface area contributed by atoms with Crippen LogP contribution in [0.4, 0.5) is 24.5 Å². The quantitative estimate of drug-likeness (QED) is 0.743. The molecule has 0 spiro atoms. The Morgan fingerprint density at radius 1 is 0.926 bits per heavy atom. The third-order valence-electron chi connectivity index (χ3n) is 4.11. The van der Waals surface area contributed by atoms with E-state index in [0.717, 1.165) is 11.0 Å². The molecule has 0 saturated carbocycles. The number of hydrogen-bond donors (Lipinski definition) is 0. The van der Waals surface area contributed by atoms with Crippen molar-refractivity contribution in [3.63, 3.8) is 0 Å². The van der Waals surface area contributed by atoms with Gasteiger partial charge in [-0.2, -0.15) is 13.2 Å². The molecule has 0 aromatic heterocycles. The zero-order valence-corrected chi connectivity index (χ0v) is 15.2. The Bertz CT molecular complexity index is 791. The van der Waals surface area contributed by atoms with Gasteiger partial charge in [-0.15, -0.1) is 0 Å². The summed E-state index contributed by atoms with van der Waals surface area (Å²) in [6.07, 6.45) is -4.68. The summed E-state index contributed by atoms with van der Waals surface area (Å²) in [5.74, 6) is -0.818. The predicted molar refractivity (Wildman–Crippen MR) is 98.6 cm³/mol. The molecule has 2 aromatic carbocycles. The number of benzene rings is 2. The molecule has 4 nitrogen and oxygen atoms in total. The van der Waals surface area contributed by atoms with Crippen LogP contribution in [0, 0.1) is 0 Å². The van der Waals surface area contributed by atoms with E-state index in [0.29, 0.717) is 12.2 Å². The largest absolute Gasteiger partial charge is 0.418 e. The highest BCUT2D eigenvalue weighted by Crippen LogP contribution is 2.36. The average Bonchev–Trinajstić information content (AvgIpc) is 2.62. The highest BCUT2D eigenvalue weighted by atomic mass is 19.4. The molecular formula is C20H21F3N2O2. The Hall–Kier alpha value is -2.83. The van der Waals surface area contributed by atoms with Crippen LogP contribution in [-0.4, -0.2) is 24.9 Å². The van der Waals surface area contributed by atoms with Gasteiger partial charge in [0.2, 0.25) is 11.8 Å². The van der Waals surface area contributed by atoms with E-state index in [1.54, 1.807) is 24.3 Å². The van der Waals surface area contributed by atoms with E-state index in [1.165, 1.54) is 30.0 Å². The SMILES string of the molecule is CCN(C(=O)CCN(C(C)=O)c1ccccc1C(F)(F)F)c1ccccc1. The molecule has 144 valence electrons. The summed E-state index contributed by atoms with van der Waals surface area (Å²) in [6.45, 7) is 3.28. The number of amides is 2. The summed E-state index contributed by atoms with van der Waals surface area (Å²) in [7, 11) is 0. The van der Waals surface area contributed by atoms with Crippen LogP contribution in [0.5, 0.6) is 0 Å². The summed E-state index contributed by atoms with van der Waals surface area (Å²) >= 11 is 0. The molecular weight excluding hydrogens is 357 g/mol. The summed E-state index contributed by atoms with van der Waals surface area (Å²) in [4.78, 5) is 27.1. The first-order chi connectivity index (χ1) is 12.8. The van der Waals surface area contributed by atoms with E-state index >= 15 is 0 Å². The topological polar surface area (TPSA) is 40.6 Å². The smallest absolute Gasteiger partial charge is 0.313 e. The lowest BCUT2D eigenvalue weighted by Gasteiger charge is -2.26. The predicted octanol–water partition coefficient (Wildman–Crippen LogP) is 4.50. The number of rotatable bonds is 6. The van der Waals surface area contributed by atoms with Crippen molar-refractivity contribution in [3.8, 4) is 0 Å². The lowest BCUT2D eigenvalue weighted by molar-refractivity contribution is -0.137. The van der Waals surface area contributed by atoms with Crippen molar-refractivity contribution in [2.24, 2.45) is 0 Å². The van der Waals surface area contributed by atoms with Gasteiger partial charge in [-0.3, -0.25) is 9.59 Å². The Kier molecular flexibility index (Phi) is 6.60. The van der Waals surface area contributed by atoms with Crippen LogP contribution in [0.15, 0.2) is 54.6 Å². The first kappa shape index (κ1) is 20.5. The first-order valence-electron chi connectivity index (χ1n) is 8.55. The van der Waals surface area contributed by atoms with E-state index in [9.17, 15) is 22.8 Å². The highest BCUT2D eigenvalue weighted by molar-refractivity contribution is 5.96. The normalized spacial score (nSPS) is 11.1. The van der Waals surface area contributed by atoms with Gasteiger partial charge < -0.3 is 9.80 Å². The van der Waals surface area contributed by atoms with Gasteiger partial charge in [-0.05, 0) is 31.2 Å². The Labute approximate surface area is 156 Å². The molecule has 0 radical (unpaired) electrons. The minimum absolute atomic E-state index is 0.0888. The monoisotopic (exact) mass is 378 g/mol. The fourth-order valence-corrected chi connectivity index (χ4v) is 2.85. The van der Waals surface area contributed by atoms with E-state index in [1.807, 2.05) is 13.0 Å². The number of nitrogens with zero attached hydrogens (tertiary/aromatic N) is 2.